The predicted octanol–water partition coefficient (Wildman–Crippen LogP) is -1.29. The number of pyridine rings is 1. The van der Waals surface area contributed by atoms with Crippen molar-refractivity contribution < 1.29 is 10.0 Å². The molecule has 3 N–H and O–H groups in total. The highest BCUT2D eigenvalue weighted by Crippen LogP contribution is 1.94. The SMILES string of the molecule is O=c1[nH]cc(B(O)O)cc1Cl. The second-order valence-corrected chi connectivity index (χ2v) is 2.39. The van der Waals surface area contributed by atoms with Crippen LogP contribution in [-0.4, -0.2) is 22.2 Å². The molecule has 0 saturated carbocycles. The van der Waals surface area contributed by atoms with Crippen LogP contribution >= 0.6 is 11.6 Å². The summed E-state index contributed by atoms with van der Waals surface area (Å²) in [6.45, 7) is 0. The highest BCUT2D eigenvalue weighted by molar-refractivity contribution is 6.58. The van der Waals surface area contributed by atoms with E-state index in [1.165, 1.54) is 12.3 Å². The van der Waals surface area contributed by atoms with Crippen LogP contribution in [0.15, 0.2) is 17.1 Å². The summed E-state index contributed by atoms with van der Waals surface area (Å²) in [7, 11) is -1.61. The minimum absolute atomic E-state index is 0.0596. The summed E-state index contributed by atoms with van der Waals surface area (Å²) in [5, 5.41) is 17.2. The molecular weight excluding hydrogens is 168 g/mol. The molecule has 1 heterocycles. The van der Waals surface area contributed by atoms with E-state index < -0.39 is 12.7 Å². The number of hydrogen-bond donors (Lipinski definition) is 3. The normalized spacial score (nSPS) is 9.73. The lowest BCUT2D eigenvalue weighted by Gasteiger charge is -1.96. The van der Waals surface area contributed by atoms with E-state index in [0.29, 0.717) is 0 Å². The molecule has 0 amide bonds. The fourth-order valence-electron chi connectivity index (χ4n) is 0.620. The first kappa shape index (κ1) is 8.32. The molecule has 1 aromatic heterocycles. The second-order valence-electron chi connectivity index (χ2n) is 1.98. The molecule has 0 aliphatic carbocycles. The van der Waals surface area contributed by atoms with Crippen LogP contribution in [0, 0.1) is 0 Å². The van der Waals surface area contributed by atoms with Gasteiger partial charge in [-0.2, -0.15) is 0 Å². The van der Waals surface area contributed by atoms with Crippen molar-refractivity contribution in [3.05, 3.63) is 27.6 Å². The van der Waals surface area contributed by atoms with Crippen molar-refractivity contribution >= 4 is 24.2 Å². The molecule has 1 rings (SSSR count). The molecule has 0 aliphatic rings. The third-order valence-electron chi connectivity index (χ3n) is 1.18. The molecule has 0 aromatic carbocycles. The molecule has 6 heteroatoms. The van der Waals surface area contributed by atoms with E-state index in [0.717, 1.165) is 0 Å². The van der Waals surface area contributed by atoms with E-state index in [-0.39, 0.29) is 10.5 Å². The number of H-pyrrole nitrogens is 1. The van der Waals surface area contributed by atoms with Crippen molar-refractivity contribution in [2.24, 2.45) is 0 Å². The van der Waals surface area contributed by atoms with E-state index >= 15 is 0 Å². The van der Waals surface area contributed by atoms with Crippen molar-refractivity contribution in [2.75, 3.05) is 0 Å². The van der Waals surface area contributed by atoms with E-state index in [9.17, 15) is 4.79 Å². The average molecular weight is 173 g/mol. The Balaban J connectivity index is 3.15. The second kappa shape index (κ2) is 3.08. The summed E-state index contributed by atoms with van der Waals surface area (Å²) in [5.74, 6) is 0. The van der Waals surface area contributed by atoms with Gasteiger partial charge in [-0.15, -0.1) is 0 Å². The Kier molecular flexibility index (Phi) is 2.33. The van der Waals surface area contributed by atoms with Crippen LogP contribution in [0.1, 0.15) is 0 Å². The van der Waals surface area contributed by atoms with Gasteiger partial charge < -0.3 is 15.0 Å². The van der Waals surface area contributed by atoms with Crippen molar-refractivity contribution in [1.82, 2.24) is 4.98 Å². The van der Waals surface area contributed by atoms with Gasteiger partial charge in [-0.1, -0.05) is 11.6 Å². The highest BCUT2D eigenvalue weighted by Gasteiger charge is 2.11. The fourth-order valence-corrected chi connectivity index (χ4v) is 0.801. The summed E-state index contributed by atoms with van der Waals surface area (Å²) in [6, 6.07) is 1.20. The standard InChI is InChI=1S/C5H5BClNO3/c7-4-1-3(6(10)11)2-8-5(4)9/h1-2,10-11H,(H,8,9). The molecule has 0 bridgehead atoms. The number of halogens is 1. The summed E-state index contributed by atoms with van der Waals surface area (Å²) >= 11 is 5.39. The Morgan fingerprint density at radius 3 is 2.64 bits per heavy atom. The topological polar surface area (TPSA) is 73.3 Å². The van der Waals surface area contributed by atoms with Gasteiger partial charge in [0.05, 0.1) is 0 Å². The lowest BCUT2D eigenvalue weighted by atomic mass is 9.82. The number of rotatable bonds is 1. The number of aromatic nitrogens is 1. The first-order valence-electron chi connectivity index (χ1n) is 2.85. The Morgan fingerprint density at radius 1 is 1.55 bits per heavy atom. The van der Waals surface area contributed by atoms with Crippen LogP contribution in [0.5, 0.6) is 0 Å². The highest BCUT2D eigenvalue weighted by atomic mass is 35.5. The van der Waals surface area contributed by atoms with Gasteiger partial charge in [0.2, 0.25) is 0 Å². The van der Waals surface area contributed by atoms with E-state index in [2.05, 4.69) is 4.98 Å². The summed E-state index contributed by atoms with van der Waals surface area (Å²) in [5.41, 5.74) is -0.286. The molecule has 0 spiro atoms. The van der Waals surface area contributed by atoms with Gasteiger partial charge in [0.1, 0.15) is 5.02 Å². The van der Waals surface area contributed by atoms with Gasteiger partial charge in [0.25, 0.3) is 5.56 Å². The van der Waals surface area contributed by atoms with Gasteiger partial charge >= 0.3 is 7.12 Å². The van der Waals surface area contributed by atoms with Crippen molar-refractivity contribution in [3.8, 4) is 0 Å². The van der Waals surface area contributed by atoms with Crippen LogP contribution in [0.3, 0.4) is 0 Å². The third kappa shape index (κ3) is 1.83. The van der Waals surface area contributed by atoms with E-state index in [1.54, 1.807) is 0 Å². The van der Waals surface area contributed by atoms with Crippen LogP contribution in [-0.2, 0) is 0 Å². The molecule has 0 radical (unpaired) electrons. The largest absolute Gasteiger partial charge is 0.489 e. The Hall–Kier alpha value is -0.775. The van der Waals surface area contributed by atoms with Gasteiger partial charge in [-0.05, 0) is 11.5 Å². The van der Waals surface area contributed by atoms with Crippen molar-refractivity contribution in [2.45, 2.75) is 0 Å². The molecule has 58 valence electrons. The van der Waals surface area contributed by atoms with Crippen LogP contribution in [0.4, 0.5) is 0 Å². The van der Waals surface area contributed by atoms with Gasteiger partial charge in [-0.25, -0.2) is 0 Å². The quantitative estimate of drug-likeness (QED) is 0.463. The molecule has 0 unspecified atom stereocenters. The minimum Gasteiger partial charge on any atom is -0.423 e. The number of nitrogens with one attached hydrogen (secondary N) is 1. The average Bonchev–Trinajstić information content (AvgIpc) is 1.94. The molecule has 0 atom stereocenters. The smallest absolute Gasteiger partial charge is 0.423 e. The Labute approximate surface area is 67.6 Å². The maximum Gasteiger partial charge on any atom is 0.489 e. The van der Waals surface area contributed by atoms with Crippen LogP contribution < -0.4 is 11.0 Å². The van der Waals surface area contributed by atoms with Gasteiger partial charge in [-0.3, -0.25) is 4.79 Å². The molecule has 0 saturated heterocycles. The first-order valence-corrected chi connectivity index (χ1v) is 3.23. The number of hydrogen-bond acceptors (Lipinski definition) is 3. The predicted molar refractivity (Wildman–Crippen MR) is 41.9 cm³/mol. The minimum atomic E-state index is -1.61. The molecule has 1 aromatic rings. The Bertz CT molecular complexity index is 311. The van der Waals surface area contributed by atoms with Crippen molar-refractivity contribution in [3.63, 3.8) is 0 Å². The molecule has 4 nitrogen and oxygen atoms in total. The number of aromatic amines is 1. The maximum absolute atomic E-state index is 10.6. The van der Waals surface area contributed by atoms with Gasteiger partial charge in [0.15, 0.2) is 0 Å². The third-order valence-corrected chi connectivity index (χ3v) is 1.46. The zero-order valence-electron chi connectivity index (χ0n) is 5.41. The molecule has 0 fully saturated rings. The van der Waals surface area contributed by atoms with Crippen LogP contribution in [0.25, 0.3) is 0 Å². The monoisotopic (exact) mass is 173 g/mol. The van der Waals surface area contributed by atoms with Gasteiger partial charge in [0, 0.05) is 6.20 Å². The maximum atomic E-state index is 10.6. The summed E-state index contributed by atoms with van der Waals surface area (Å²) in [4.78, 5) is 12.9. The fraction of sp³-hybridized carbons (Fsp3) is 0. The van der Waals surface area contributed by atoms with E-state index in [1.807, 2.05) is 0 Å². The summed E-state index contributed by atoms with van der Waals surface area (Å²) < 4.78 is 0. The zero-order chi connectivity index (χ0) is 8.43. The van der Waals surface area contributed by atoms with Crippen LogP contribution in [0.2, 0.25) is 5.02 Å². The lowest BCUT2D eigenvalue weighted by Crippen LogP contribution is -2.32. The zero-order valence-corrected chi connectivity index (χ0v) is 6.17. The lowest BCUT2D eigenvalue weighted by molar-refractivity contribution is 0.425. The summed E-state index contributed by atoms with van der Waals surface area (Å²) in [6.07, 6.45) is 1.19. The Morgan fingerprint density at radius 2 is 2.18 bits per heavy atom. The first-order chi connectivity index (χ1) is 5.11. The molecule has 0 aliphatic heterocycles. The van der Waals surface area contributed by atoms with Crippen molar-refractivity contribution in [1.29, 1.82) is 0 Å². The molecular formula is C5H5BClNO3. The molecule has 11 heavy (non-hydrogen) atoms. The van der Waals surface area contributed by atoms with E-state index in [4.69, 9.17) is 21.6 Å².